The molecule has 0 spiro atoms. The Morgan fingerprint density at radius 2 is 2.08 bits per heavy atom. The van der Waals surface area contributed by atoms with Gasteiger partial charge in [-0.3, -0.25) is 0 Å². The molecule has 1 N–H and O–H groups in total. The Kier molecular flexibility index (Phi) is 6.21. The van der Waals surface area contributed by atoms with Gasteiger partial charge in [-0.05, 0) is 38.2 Å². The Morgan fingerprint density at radius 1 is 1.27 bits per heavy atom. The van der Waals surface area contributed by atoms with Crippen molar-refractivity contribution in [1.82, 2.24) is 15.0 Å². The van der Waals surface area contributed by atoms with Crippen LogP contribution in [-0.2, 0) is 4.79 Å². The fourth-order valence-corrected chi connectivity index (χ4v) is 4.22. The first-order valence-electron chi connectivity index (χ1n) is 8.64. The van der Waals surface area contributed by atoms with E-state index >= 15 is 0 Å². The Labute approximate surface area is 161 Å². The van der Waals surface area contributed by atoms with Gasteiger partial charge in [-0.1, -0.05) is 30.8 Å². The molecular formula is C19H22N4OS2. The highest BCUT2D eigenvalue weighted by molar-refractivity contribution is 7.98. The lowest BCUT2D eigenvalue weighted by Gasteiger charge is -2.14. The summed E-state index contributed by atoms with van der Waals surface area (Å²) in [4.78, 5) is 25.1. The Morgan fingerprint density at radius 3 is 2.77 bits per heavy atom. The van der Waals surface area contributed by atoms with E-state index in [0.717, 1.165) is 56.6 Å². The van der Waals surface area contributed by atoms with E-state index in [9.17, 15) is 4.79 Å². The molecular weight excluding hydrogens is 364 g/mol. The number of carbonyl (C=O) groups excluding carboxylic acids is 1. The van der Waals surface area contributed by atoms with Gasteiger partial charge in [0.05, 0.1) is 21.5 Å². The van der Waals surface area contributed by atoms with Crippen molar-refractivity contribution >= 4 is 45.4 Å². The number of aldehydes is 1. The molecule has 0 aliphatic rings. The standard InChI is InChI=1S/C19H22N4OS2/c1-4-13(11-24)9-10-20-17-16(12(2)21-19(23-17)25-3)18-22-14-7-5-6-8-15(14)26-18/h5-8,11,13H,4,9-10H2,1-3H3,(H,20,21,23). The van der Waals surface area contributed by atoms with Gasteiger partial charge in [0.1, 0.15) is 17.1 Å². The number of thioether (sulfide) groups is 1. The van der Waals surface area contributed by atoms with Gasteiger partial charge in [0, 0.05) is 12.5 Å². The molecule has 136 valence electrons. The molecule has 26 heavy (non-hydrogen) atoms. The van der Waals surface area contributed by atoms with Crippen molar-refractivity contribution in [2.45, 2.75) is 31.8 Å². The van der Waals surface area contributed by atoms with Crippen LogP contribution in [0.2, 0.25) is 0 Å². The molecule has 5 nitrogen and oxygen atoms in total. The molecule has 0 saturated heterocycles. The number of carbonyl (C=O) groups is 1. The molecule has 0 fully saturated rings. The van der Waals surface area contributed by atoms with Crippen LogP contribution in [0.15, 0.2) is 29.4 Å². The second kappa shape index (κ2) is 8.60. The quantitative estimate of drug-likeness (QED) is 0.340. The molecule has 1 atom stereocenters. The number of thiazole rings is 1. The summed E-state index contributed by atoms with van der Waals surface area (Å²) in [5.41, 5.74) is 2.84. The number of para-hydroxylation sites is 1. The molecule has 3 aromatic rings. The molecule has 0 aliphatic carbocycles. The lowest BCUT2D eigenvalue weighted by atomic mass is 10.0. The van der Waals surface area contributed by atoms with E-state index < -0.39 is 0 Å². The van der Waals surface area contributed by atoms with Crippen LogP contribution in [-0.4, -0.2) is 34.0 Å². The molecule has 2 aromatic heterocycles. The first-order chi connectivity index (χ1) is 12.7. The highest BCUT2D eigenvalue weighted by atomic mass is 32.2. The van der Waals surface area contributed by atoms with Crippen molar-refractivity contribution in [3.63, 3.8) is 0 Å². The summed E-state index contributed by atoms with van der Waals surface area (Å²) in [5, 5.41) is 5.07. The van der Waals surface area contributed by atoms with Crippen molar-refractivity contribution in [2.24, 2.45) is 5.92 Å². The van der Waals surface area contributed by atoms with Gasteiger partial charge in [-0.25, -0.2) is 15.0 Å². The number of aryl methyl sites for hydroxylation is 1. The summed E-state index contributed by atoms with van der Waals surface area (Å²) in [6, 6.07) is 8.11. The average molecular weight is 387 g/mol. The van der Waals surface area contributed by atoms with Crippen LogP contribution < -0.4 is 5.32 Å². The monoisotopic (exact) mass is 386 g/mol. The predicted molar refractivity (Wildman–Crippen MR) is 110 cm³/mol. The number of aromatic nitrogens is 3. The van der Waals surface area contributed by atoms with E-state index in [2.05, 4.69) is 21.4 Å². The van der Waals surface area contributed by atoms with Crippen LogP contribution >= 0.6 is 23.1 Å². The Hall–Kier alpha value is -1.99. The average Bonchev–Trinajstić information content (AvgIpc) is 3.08. The maximum atomic E-state index is 11.1. The van der Waals surface area contributed by atoms with Gasteiger partial charge in [0.25, 0.3) is 0 Å². The molecule has 0 amide bonds. The normalized spacial score (nSPS) is 12.3. The maximum Gasteiger partial charge on any atom is 0.189 e. The number of hydrogen-bond donors (Lipinski definition) is 1. The summed E-state index contributed by atoms with van der Waals surface area (Å²) in [5.74, 6) is 0.873. The number of fused-ring (bicyclic) bond motifs is 1. The van der Waals surface area contributed by atoms with Gasteiger partial charge in [-0.2, -0.15) is 0 Å². The first-order valence-corrected chi connectivity index (χ1v) is 10.7. The second-order valence-electron chi connectivity index (χ2n) is 6.03. The van der Waals surface area contributed by atoms with Gasteiger partial charge < -0.3 is 10.1 Å². The SMILES string of the molecule is CCC(C=O)CCNc1nc(SC)nc(C)c1-c1nc2ccccc2s1. The summed E-state index contributed by atoms with van der Waals surface area (Å²) in [6.07, 6.45) is 4.65. The van der Waals surface area contributed by atoms with Crippen molar-refractivity contribution in [3.8, 4) is 10.6 Å². The number of nitrogens with one attached hydrogen (secondary N) is 1. The third kappa shape index (κ3) is 4.04. The largest absolute Gasteiger partial charge is 0.369 e. The number of nitrogens with zero attached hydrogens (tertiary/aromatic N) is 3. The van der Waals surface area contributed by atoms with Crippen LogP contribution in [0.3, 0.4) is 0 Å². The number of anilines is 1. The van der Waals surface area contributed by atoms with Crippen LogP contribution in [0.4, 0.5) is 5.82 Å². The van der Waals surface area contributed by atoms with Gasteiger partial charge >= 0.3 is 0 Å². The smallest absolute Gasteiger partial charge is 0.189 e. The van der Waals surface area contributed by atoms with E-state index in [1.54, 1.807) is 11.3 Å². The van der Waals surface area contributed by atoms with Crippen molar-refractivity contribution in [1.29, 1.82) is 0 Å². The molecule has 0 bridgehead atoms. The maximum absolute atomic E-state index is 11.1. The third-order valence-corrected chi connectivity index (χ3v) is 5.89. The zero-order valence-electron chi connectivity index (χ0n) is 15.2. The minimum absolute atomic E-state index is 0.0800. The topological polar surface area (TPSA) is 67.8 Å². The molecule has 3 rings (SSSR count). The first kappa shape index (κ1) is 18.8. The van der Waals surface area contributed by atoms with Crippen LogP contribution in [0.25, 0.3) is 20.8 Å². The molecule has 2 heterocycles. The zero-order chi connectivity index (χ0) is 18.5. The van der Waals surface area contributed by atoms with Crippen molar-refractivity contribution < 1.29 is 4.79 Å². The van der Waals surface area contributed by atoms with Crippen molar-refractivity contribution in [2.75, 3.05) is 18.1 Å². The molecule has 1 unspecified atom stereocenters. The highest BCUT2D eigenvalue weighted by Crippen LogP contribution is 2.36. The van der Waals surface area contributed by atoms with E-state index in [-0.39, 0.29) is 5.92 Å². The number of rotatable bonds is 8. The van der Waals surface area contributed by atoms with Crippen LogP contribution in [0.1, 0.15) is 25.5 Å². The minimum atomic E-state index is 0.0800. The third-order valence-electron chi connectivity index (χ3n) is 4.28. The van der Waals surface area contributed by atoms with E-state index in [4.69, 9.17) is 4.98 Å². The molecule has 0 saturated carbocycles. The fraction of sp³-hybridized carbons (Fsp3) is 0.368. The summed E-state index contributed by atoms with van der Waals surface area (Å²) >= 11 is 3.17. The van der Waals surface area contributed by atoms with Gasteiger partial charge in [0.15, 0.2) is 5.16 Å². The molecule has 1 aromatic carbocycles. The lowest BCUT2D eigenvalue weighted by molar-refractivity contribution is -0.111. The predicted octanol–water partition coefficient (Wildman–Crippen LogP) is 4.81. The second-order valence-corrected chi connectivity index (χ2v) is 7.83. The van der Waals surface area contributed by atoms with E-state index in [1.165, 1.54) is 11.8 Å². The van der Waals surface area contributed by atoms with Crippen LogP contribution in [0, 0.1) is 12.8 Å². The summed E-state index contributed by atoms with van der Waals surface area (Å²) < 4.78 is 1.15. The minimum Gasteiger partial charge on any atom is -0.369 e. The van der Waals surface area contributed by atoms with Gasteiger partial charge in [-0.15, -0.1) is 11.3 Å². The van der Waals surface area contributed by atoms with Crippen molar-refractivity contribution in [3.05, 3.63) is 30.0 Å². The molecule has 7 heteroatoms. The number of benzene rings is 1. The van der Waals surface area contributed by atoms with Gasteiger partial charge in [0.2, 0.25) is 0 Å². The lowest BCUT2D eigenvalue weighted by Crippen LogP contribution is -2.12. The summed E-state index contributed by atoms with van der Waals surface area (Å²) in [6.45, 7) is 4.72. The Balaban J connectivity index is 1.96. The summed E-state index contributed by atoms with van der Waals surface area (Å²) in [7, 11) is 0. The molecule has 0 aliphatic heterocycles. The fourth-order valence-electron chi connectivity index (χ4n) is 2.75. The van der Waals surface area contributed by atoms with E-state index in [1.807, 2.05) is 38.3 Å². The zero-order valence-corrected chi connectivity index (χ0v) is 16.8. The van der Waals surface area contributed by atoms with E-state index in [0.29, 0.717) is 6.54 Å². The Bertz CT molecular complexity index is 877. The highest BCUT2D eigenvalue weighted by Gasteiger charge is 2.17. The number of hydrogen-bond acceptors (Lipinski definition) is 7. The molecule has 0 radical (unpaired) electrons. The van der Waals surface area contributed by atoms with Crippen LogP contribution in [0.5, 0.6) is 0 Å².